The number of hydrogen-bond acceptors (Lipinski definition) is 3. The van der Waals surface area contributed by atoms with Crippen LogP contribution < -0.4 is 5.32 Å². The van der Waals surface area contributed by atoms with E-state index >= 15 is 0 Å². The summed E-state index contributed by atoms with van der Waals surface area (Å²) in [6.07, 6.45) is 5.32. The first-order valence-corrected chi connectivity index (χ1v) is 10.2. The van der Waals surface area contributed by atoms with Gasteiger partial charge in [-0.2, -0.15) is 5.10 Å². The second-order valence-corrected chi connectivity index (χ2v) is 7.63. The van der Waals surface area contributed by atoms with E-state index in [-0.39, 0.29) is 5.91 Å². The zero-order valence-corrected chi connectivity index (χ0v) is 17.2. The van der Waals surface area contributed by atoms with Crippen LogP contribution in [0.3, 0.4) is 0 Å². The molecule has 0 saturated heterocycles. The molecule has 31 heavy (non-hydrogen) atoms. The maximum Gasteiger partial charge on any atom is 0.272 e. The average Bonchev–Trinajstić information content (AvgIpc) is 3.49. The minimum atomic E-state index is -0.172. The van der Waals surface area contributed by atoms with Crippen molar-refractivity contribution in [2.75, 3.05) is 5.32 Å². The molecule has 2 aromatic carbocycles. The van der Waals surface area contributed by atoms with E-state index < -0.39 is 0 Å². The molecule has 0 bridgehead atoms. The summed E-state index contributed by atoms with van der Waals surface area (Å²) < 4.78 is 9.41. The van der Waals surface area contributed by atoms with Crippen LogP contribution in [0.4, 0.5) is 5.69 Å². The van der Waals surface area contributed by atoms with Crippen molar-refractivity contribution in [3.63, 3.8) is 0 Å². The fourth-order valence-electron chi connectivity index (χ4n) is 3.74. The highest BCUT2D eigenvalue weighted by Crippen LogP contribution is 2.24. The van der Waals surface area contributed by atoms with Gasteiger partial charge in [0.25, 0.3) is 5.91 Å². The lowest BCUT2D eigenvalue weighted by Crippen LogP contribution is -2.17. The largest absolute Gasteiger partial charge is 0.463 e. The molecule has 1 amide bonds. The van der Waals surface area contributed by atoms with E-state index in [9.17, 15) is 4.79 Å². The van der Waals surface area contributed by atoms with Crippen molar-refractivity contribution in [1.82, 2.24) is 14.3 Å². The Labute approximate surface area is 179 Å². The first-order valence-electron chi connectivity index (χ1n) is 10.2. The summed E-state index contributed by atoms with van der Waals surface area (Å²) in [6.45, 7) is 3.30. The lowest BCUT2D eigenvalue weighted by atomic mass is 10.1. The number of hydrogen-bond donors (Lipinski definition) is 1. The molecule has 3 heterocycles. The van der Waals surface area contributed by atoms with Crippen molar-refractivity contribution in [3.05, 3.63) is 108 Å². The molecule has 0 unspecified atom stereocenters. The van der Waals surface area contributed by atoms with Crippen LogP contribution in [0.15, 0.2) is 89.8 Å². The monoisotopic (exact) mass is 410 g/mol. The minimum Gasteiger partial charge on any atom is -0.463 e. The van der Waals surface area contributed by atoms with Crippen LogP contribution in [0.25, 0.3) is 11.1 Å². The number of amides is 1. The second kappa shape index (κ2) is 7.99. The fourth-order valence-corrected chi connectivity index (χ4v) is 3.74. The molecule has 3 aromatic heterocycles. The number of nitrogens with one attached hydrogen (secondary N) is 1. The first-order chi connectivity index (χ1) is 15.2. The van der Waals surface area contributed by atoms with Gasteiger partial charge in [0.05, 0.1) is 18.3 Å². The molecule has 0 spiro atoms. The van der Waals surface area contributed by atoms with Crippen LogP contribution in [-0.2, 0) is 13.1 Å². The highest BCUT2D eigenvalue weighted by atomic mass is 16.3. The summed E-state index contributed by atoms with van der Waals surface area (Å²) in [5, 5.41) is 7.27. The quantitative estimate of drug-likeness (QED) is 0.424. The van der Waals surface area contributed by atoms with E-state index in [0.717, 1.165) is 22.3 Å². The average molecular weight is 410 g/mol. The highest BCUT2D eigenvalue weighted by molar-refractivity contribution is 6.05. The van der Waals surface area contributed by atoms with Crippen molar-refractivity contribution in [1.29, 1.82) is 0 Å². The third-order valence-electron chi connectivity index (χ3n) is 5.31. The number of rotatable bonds is 6. The van der Waals surface area contributed by atoms with Crippen LogP contribution >= 0.6 is 0 Å². The summed E-state index contributed by atoms with van der Waals surface area (Å²) in [5.74, 6) is -0.172. The molecule has 0 fully saturated rings. The van der Waals surface area contributed by atoms with E-state index in [1.54, 1.807) is 18.5 Å². The molecule has 0 radical (unpaired) electrons. The molecule has 0 aliphatic rings. The van der Waals surface area contributed by atoms with E-state index in [0.29, 0.717) is 24.4 Å². The van der Waals surface area contributed by atoms with E-state index in [1.165, 1.54) is 5.56 Å². The molecule has 0 atom stereocenters. The second-order valence-electron chi connectivity index (χ2n) is 7.63. The lowest BCUT2D eigenvalue weighted by Gasteiger charge is -2.12. The Morgan fingerprint density at radius 3 is 2.68 bits per heavy atom. The Kier molecular flexibility index (Phi) is 4.88. The van der Waals surface area contributed by atoms with Gasteiger partial charge in [-0.1, -0.05) is 42.0 Å². The van der Waals surface area contributed by atoms with Crippen molar-refractivity contribution >= 4 is 22.7 Å². The molecule has 0 aliphatic carbocycles. The summed E-state index contributed by atoms with van der Waals surface area (Å²) in [5.41, 5.74) is 6.30. The molecule has 6 nitrogen and oxygen atoms in total. The molecule has 0 aliphatic heterocycles. The smallest absolute Gasteiger partial charge is 0.272 e. The Morgan fingerprint density at radius 1 is 1.00 bits per heavy atom. The third-order valence-corrected chi connectivity index (χ3v) is 5.31. The van der Waals surface area contributed by atoms with Crippen LogP contribution in [0, 0.1) is 6.92 Å². The van der Waals surface area contributed by atoms with E-state index in [1.807, 2.05) is 51.8 Å². The zero-order chi connectivity index (χ0) is 21.2. The van der Waals surface area contributed by atoms with Crippen molar-refractivity contribution < 1.29 is 9.21 Å². The minimum absolute atomic E-state index is 0.172. The van der Waals surface area contributed by atoms with Gasteiger partial charge in [0.2, 0.25) is 0 Å². The van der Waals surface area contributed by atoms with E-state index in [4.69, 9.17) is 4.42 Å². The Morgan fingerprint density at radius 2 is 1.87 bits per heavy atom. The van der Waals surface area contributed by atoms with Crippen LogP contribution in [-0.4, -0.2) is 20.3 Å². The number of nitrogens with zero attached hydrogens (tertiary/aromatic N) is 3. The van der Waals surface area contributed by atoms with Gasteiger partial charge in [0, 0.05) is 36.8 Å². The molecular weight excluding hydrogens is 388 g/mol. The Hall–Kier alpha value is -4.06. The predicted octanol–water partition coefficient (Wildman–Crippen LogP) is 5.09. The normalized spacial score (nSPS) is 11.1. The fraction of sp³-hybridized carbons (Fsp3) is 0.120. The van der Waals surface area contributed by atoms with Gasteiger partial charge in [-0.05, 0) is 36.2 Å². The first kappa shape index (κ1) is 18.9. The molecule has 5 aromatic rings. The molecule has 0 saturated carbocycles. The van der Waals surface area contributed by atoms with Gasteiger partial charge < -0.3 is 14.3 Å². The maximum atomic E-state index is 13.2. The van der Waals surface area contributed by atoms with Crippen LogP contribution in [0.1, 0.15) is 27.2 Å². The number of carbonyl (C=O) groups excluding carboxylic acids is 1. The Bertz CT molecular complexity index is 1330. The summed E-state index contributed by atoms with van der Waals surface area (Å²) in [4.78, 5) is 13.2. The van der Waals surface area contributed by atoms with Crippen molar-refractivity contribution in [3.8, 4) is 0 Å². The summed E-state index contributed by atoms with van der Waals surface area (Å²) in [7, 11) is 0. The molecular formula is C25H22N4O2. The number of furan rings is 1. The van der Waals surface area contributed by atoms with Gasteiger partial charge in [0.1, 0.15) is 5.69 Å². The van der Waals surface area contributed by atoms with Crippen LogP contribution in [0.5, 0.6) is 0 Å². The summed E-state index contributed by atoms with van der Waals surface area (Å²) in [6, 6.07) is 21.7. The third kappa shape index (κ3) is 4.00. The van der Waals surface area contributed by atoms with E-state index in [2.05, 4.69) is 41.6 Å². The molecule has 5 rings (SSSR count). The van der Waals surface area contributed by atoms with Crippen molar-refractivity contribution in [2.24, 2.45) is 0 Å². The topological polar surface area (TPSA) is 65.0 Å². The van der Waals surface area contributed by atoms with Crippen LogP contribution in [0.2, 0.25) is 0 Å². The lowest BCUT2D eigenvalue weighted by molar-refractivity contribution is 0.101. The number of benzene rings is 2. The number of carbonyl (C=O) groups is 1. The number of aryl methyl sites for hydroxylation is 1. The van der Waals surface area contributed by atoms with Gasteiger partial charge in [-0.25, -0.2) is 0 Å². The maximum absolute atomic E-state index is 13.2. The van der Waals surface area contributed by atoms with Gasteiger partial charge in [0.15, 0.2) is 5.58 Å². The number of anilines is 1. The van der Waals surface area contributed by atoms with Gasteiger partial charge in [-0.3, -0.25) is 9.48 Å². The van der Waals surface area contributed by atoms with Gasteiger partial charge in [-0.15, -0.1) is 0 Å². The molecule has 154 valence electrons. The van der Waals surface area contributed by atoms with Gasteiger partial charge >= 0.3 is 0 Å². The zero-order valence-electron chi connectivity index (χ0n) is 17.2. The predicted molar refractivity (Wildman–Crippen MR) is 120 cm³/mol. The Balaban J connectivity index is 1.41. The SMILES string of the molecule is Cc1ccc(Cn2c(C(=O)Nc3cccc(Cn4cccn4)c3)cc3occc32)cc1. The number of aromatic nitrogens is 3. The molecule has 1 N–H and O–H groups in total. The summed E-state index contributed by atoms with van der Waals surface area (Å²) >= 11 is 0. The molecule has 6 heteroatoms. The highest BCUT2D eigenvalue weighted by Gasteiger charge is 2.18. The standard InChI is InChI=1S/C25H22N4O2/c1-18-6-8-19(9-7-18)17-29-22-10-13-31-24(22)15-23(29)25(30)27-21-5-2-4-20(14-21)16-28-12-3-11-26-28/h2-15H,16-17H2,1H3,(H,27,30). The van der Waals surface area contributed by atoms with Crippen molar-refractivity contribution in [2.45, 2.75) is 20.0 Å². The number of fused-ring (bicyclic) bond motifs is 1.